The summed E-state index contributed by atoms with van der Waals surface area (Å²) in [5.41, 5.74) is 2.20. The molecule has 0 spiro atoms. The average Bonchev–Trinajstić information content (AvgIpc) is 2.83. The van der Waals surface area contributed by atoms with Crippen molar-refractivity contribution in [3.63, 3.8) is 0 Å². The van der Waals surface area contributed by atoms with Crippen LogP contribution in [-0.2, 0) is 24.2 Å². The summed E-state index contributed by atoms with van der Waals surface area (Å²) in [5, 5.41) is 4.53. The first-order valence-corrected chi connectivity index (χ1v) is 6.58. The lowest BCUT2D eigenvalue weighted by Gasteiger charge is -2.24. The van der Waals surface area contributed by atoms with Crippen LogP contribution in [0.3, 0.4) is 0 Å². The Morgan fingerprint density at radius 2 is 2.44 bits per heavy atom. The van der Waals surface area contributed by atoms with Gasteiger partial charge in [0.1, 0.15) is 0 Å². The third-order valence-corrected chi connectivity index (χ3v) is 3.79. The second kappa shape index (κ2) is 4.82. The van der Waals surface area contributed by atoms with E-state index in [-0.39, 0.29) is 5.56 Å². The number of fused-ring (bicyclic) bond motifs is 1. The molecule has 0 saturated carbocycles. The van der Waals surface area contributed by atoms with Crippen molar-refractivity contribution in [1.29, 1.82) is 0 Å². The molecular weight excluding hydrogens is 230 g/mol. The number of nitrogens with zero attached hydrogens (tertiary/aromatic N) is 3. The van der Waals surface area contributed by atoms with Gasteiger partial charge in [0, 0.05) is 44.6 Å². The Hall–Kier alpha value is -1.20. The number of hydrogen-bond acceptors (Lipinski definition) is 4. The topological polar surface area (TPSA) is 47.4 Å². The fourth-order valence-corrected chi connectivity index (χ4v) is 2.68. The number of aromatic nitrogens is 2. The standard InChI is InChI=1S/C13H19N3O2/c1-15-4-2-12-11(8-15)6-13(17)16(14-12)7-10-3-5-18-9-10/h6,10H,2-5,7-9H2,1H3. The first kappa shape index (κ1) is 11.9. The van der Waals surface area contributed by atoms with Gasteiger partial charge in [-0.15, -0.1) is 0 Å². The van der Waals surface area contributed by atoms with E-state index in [0.29, 0.717) is 12.5 Å². The van der Waals surface area contributed by atoms with Crippen molar-refractivity contribution in [3.8, 4) is 0 Å². The van der Waals surface area contributed by atoms with E-state index in [9.17, 15) is 4.79 Å². The third-order valence-electron chi connectivity index (χ3n) is 3.79. The van der Waals surface area contributed by atoms with Gasteiger partial charge in [0.2, 0.25) is 0 Å². The summed E-state index contributed by atoms with van der Waals surface area (Å²) >= 11 is 0. The highest BCUT2D eigenvalue weighted by molar-refractivity contribution is 5.20. The highest BCUT2D eigenvalue weighted by atomic mass is 16.5. The molecule has 2 aliphatic heterocycles. The lowest BCUT2D eigenvalue weighted by Crippen LogP contribution is -2.34. The molecule has 0 aromatic carbocycles. The maximum Gasteiger partial charge on any atom is 0.267 e. The molecule has 1 saturated heterocycles. The largest absolute Gasteiger partial charge is 0.381 e. The van der Waals surface area contributed by atoms with Crippen molar-refractivity contribution >= 4 is 0 Å². The Bertz CT molecular complexity index is 491. The van der Waals surface area contributed by atoms with E-state index in [0.717, 1.165) is 50.4 Å². The Labute approximate surface area is 106 Å². The van der Waals surface area contributed by atoms with Crippen LogP contribution < -0.4 is 5.56 Å². The molecule has 3 rings (SSSR count). The average molecular weight is 249 g/mol. The van der Waals surface area contributed by atoms with Crippen molar-refractivity contribution < 1.29 is 4.74 Å². The van der Waals surface area contributed by atoms with Gasteiger partial charge in [-0.25, -0.2) is 4.68 Å². The van der Waals surface area contributed by atoms with Gasteiger partial charge in [-0.2, -0.15) is 5.10 Å². The van der Waals surface area contributed by atoms with E-state index in [1.807, 2.05) is 0 Å². The van der Waals surface area contributed by atoms with E-state index in [1.165, 1.54) is 0 Å². The highest BCUT2D eigenvalue weighted by Gasteiger charge is 2.20. The third kappa shape index (κ3) is 2.33. The molecule has 18 heavy (non-hydrogen) atoms. The van der Waals surface area contributed by atoms with Crippen LogP contribution in [0.1, 0.15) is 17.7 Å². The van der Waals surface area contributed by atoms with Gasteiger partial charge >= 0.3 is 0 Å². The Kier molecular flexibility index (Phi) is 3.18. The maximum atomic E-state index is 12.0. The molecule has 0 N–H and O–H groups in total. The van der Waals surface area contributed by atoms with Gasteiger partial charge in [-0.05, 0) is 19.0 Å². The zero-order valence-corrected chi connectivity index (χ0v) is 10.8. The minimum absolute atomic E-state index is 0.0240. The summed E-state index contributed by atoms with van der Waals surface area (Å²) in [5.74, 6) is 0.444. The van der Waals surface area contributed by atoms with Crippen LogP contribution in [0, 0.1) is 5.92 Å². The van der Waals surface area contributed by atoms with Gasteiger partial charge in [-0.3, -0.25) is 4.79 Å². The lowest BCUT2D eigenvalue weighted by atomic mass is 10.1. The quantitative estimate of drug-likeness (QED) is 0.755. The molecule has 1 aromatic heterocycles. The maximum absolute atomic E-state index is 12.0. The zero-order chi connectivity index (χ0) is 12.5. The van der Waals surface area contributed by atoms with Crippen molar-refractivity contribution in [1.82, 2.24) is 14.7 Å². The summed E-state index contributed by atoms with van der Waals surface area (Å²) in [6.45, 7) is 4.13. The predicted octanol–water partition coefficient (Wildman–Crippen LogP) is 0.268. The summed E-state index contributed by atoms with van der Waals surface area (Å²) < 4.78 is 6.97. The molecule has 0 bridgehead atoms. The van der Waals surface area contributed by atoms with Crippen LogP contribution in [0.2, 0.25) is 0 Å². The van der Waals surface area contributed by atoms with Gasteiger partial charge in [0.05, 0.1) is 12.3 Å². The first-order chi connectivity index (χ1) is 8.72. The number of likely N-dealkylation sites (N-methyl/N-ethyl adjacent to an activating group) is 1. The van der Waals surface area contributed by atoms with Crippen molar-refractivity contribution in [2.45, 2.75) is 25.9 Å². The minimum Gasteiger partial charge on any atom is -0.381 e. The number of hydrogen-bond donors (Lipinski definition) is 0. The monoisotopic (exact) mass is 249 g/mol. The van der Waals surface area contributed by atoms with E-state index < -0.39 is 0 Å². The van der Waals surface area contributed by atoms with E-state index >= 15 is 0 Å². The number of rotatable bonds is 2. The van der Waals surface area contributed by atoms with Gasteiger partial charge in [0.15, 0.2) is 0 Å². The molecule has 0 radical (unpaired) electrons. The molecule has 5 heteroatoms. The molecule has 0 aliphatic carbocycles. The van der Waals surface area contributed by atoms with Crippen molar-refractivity contribution in [2.24, 2.45) is 5.92 Å². The molecule has 98 valence electrons. The van der Waals surface area contributed by atoms with Crippen LogP contribution in [0.25, 0.3) is 0 Å². The molecule has 5 nitrogen and oxygen atoms in total. The molecule has 0 amide bonds. The van der Waals surface area contributed by atoms with Gasteiger partial charge in [0.25, 0.3) is 5.56 Å². The van der Waals surface area contributed by atoms with Crippen LogP contribution in [0.15, 0.2) is 10.9 Å². The molecule has 2 aliphatic rings. The number of ether oxygens (including phenoxy) is 1. The molecular formula is C13H19N3O2. The molecule has 1 atom stereocenters. The molecule has 1 fully saturated rings. The highest BCUT2D eigenvalue weighted by Crippen LogP contribution is 2.16. The fraction of sp³-hybridized carbons (Fsp3) is 0.692. The van der Waals surface area contributed by atoms with Crippen LogP contribution in [-0.4, -0.2) is 41.5 Å². The fourth-order valence-electron chi connectivity index (χ4n) is 2.68. The lowest BCUT2D eigenvalue weighted by molar-refractivity contribution is 0.181. The van der Waals surface area contributed by atoms with Crippen LogP contribution >= 0.6 is 0 Å². The molecule has 1 unspecified atom stereocenters. The van der Waals surface area contributed by atoms with E-state index in [2.05, 4.69) is 17.0 Å². The first-order valence-electron chi connectivity index (χ1n) is 6.58. The SMILES string of the molecule is CN1CCc2nn(CC3CCOC3)c(=O)cc2C1. The van der Waals surface area contributed by atoms with E-state index in [4.69, 9.17) is 4.74 Å². The summed E-state index contributed by atoms with van der Waals surface area (Å²) in [4.78, 5) is 14.2. The van der Waals surface area contributed by atoms with Crippen molar-refractivity contribution in [3.05, 3.63) is 27.7 Å². The molecule has 3 heterocycles. The second-order valence-electron chi connectivity index (χ2n) is 5.35. The Balaban J connectivity index is 1.84. The van der Waals surface area contributed by atoms with E-state index in [1.54, 1.807) is 10.7 Å². The van der Waals surface area contributed by atoms with Crippen molar-refractivity contribution in [2.75, 3.05) is 26.8 Å². The molecule has 1 aromatic rings. The zero-order valence-electron chi connectivity index (χ0n) is 10.8. The van der Waals surface area contributed by atoms with Crippen LogP contribution in [0.4, 0.5) is 0 Å². The normalized spacial score (nSPS) is 24.2. The van der Waals surface area contributed by atoms with Crippen LogP contribution in [0.5, 0.6) is 0 Å². The Morgan fingerprint density at radius 3 is 3.22 bits per heavy atom. The summed E-state index contributed by atoms with van der Waals surface area (Å²) in [6, 6.07) is 1.76. The predicted molar refractivity (Wildman–Crippen MR) is 67.5 cm³/mol. The summed E-state index contributed by atoms with van der Waals surface area (Å²) in [6.07, 6.45) is 1.97. The minimum atomic E-state index is 0.0240. The summed E-state index contributed by atoms with van der Waals surface area (Å²) in [7, 11) is 2.07. The Morgan fingerprint density at radius 1 is 1.56 bits per heavy atom. The van der Waals surface area contributed by atoms with Gasteiger partial charge < -0.3 is 9.64 Å². The smallest absolute Gasteiger partial charge is 0.267 e. The second-order valence-corrected chi connectivity index (χ2v) is 5.35. The van der Waals surface area contributed by atoms with Gasteiger partial charge in [-0.1, -0.05) is 0 Å².